The minimum Gasteiger partial charge on any atom is -0.478 e. The van der Waals surface area contributed by atoms with E-state index in [9.17, 15) is 9.90 Å². The lowest BCUT2D eigenvalue weighted by Gasteiger charge is -2.25. The van der Waals surface area contributed by atoms with Gasteiger partial charge in [-0.2, -0.15) is 4.68 Å². The highest BCUT2D eigenvalue weighted by Gasteiger charge is 2.35. The first-order valence-electron chi connectivity index (χ1n) is 5.31. The Kier molecular flexibility index (Phi) is 2.86. The number of fused-ring (bicyclic) bond motifs is 1. The number of nitrogens with one attached hydrogen (secondary N) is 1. The second-order valence-electron chi connectivity index (χ2n) is 3.95. The summed E-state index contributed by atoms with van der Waals surface area (Å²) in [5.74, 6) is -0.552. The summed E-state index contributed by atoms with van der Waals surface area (Å²) in [6, 6.07) is 1.35. The molecule has 0 saturated carbocycles. The van der Waals surface area contributed by atoms with E-state index in [0.717, 1.165) is 9.35 Å². The summed E-state index contributed by atoms with van der Waals surface area (Å²) in [6.45, 7) is 1.70. The Morgan fingerprint density at radius 2 is 2.42 bits per heavy atom. The maximum atomic E-state index is 11.5. The van der Waals surface area contributed by atoms with Gasteiger partial charge in [-0.3, -0.25) is 0 Å². The first kappa shape index (κ1) is 12.3. The molecule has 0 radical (unpaired) electrons. The maximum Gasteiger partial charge on any atom is 0.335 e. The second-order valence-corrected chi connectivity index (χ2v) is 5.75. The van der Waals surface area contributed by atoms with E-state index in [0.29, 0.717) is 11.6 Å². The number of carbonyl (C=O) groups is 1. The van der Waals surface area contributed by atoms with Gasteiger partial charge in [0.2, 0.25) is 5.95 Å². The fraction of sp³-hybridized carbons (Fsp3) is 0.200. The lowest BCUT2D eigenvalue weighted by atomic mass is 10.0. The van der Waals surface area contributed by atoms with Gasteiger partial charge < -0.3 is 10.4 Å². The number of carboxylic acids is 1. The van der Waals surface area contributed by atoms with Gasteiger partial charge in [0.1, 0.15) is 6.04 Å². The highest BCUT2D eigenvalue weighted by Crippen LogP contribution is 2.40. The fourth-order valence-electron chi connectivity index (χ4n) is 2.03. The Labute approximate surface area is 120 Å². The molecule has 0 aromatic carbocycles. The fourth-order valence-corrected chi connectivity index (χ4v) is 3.71. The van der Waals surface area contributed by atoms with Gasteiger partial charge in [-0.15, -0.1) is 11.3 Å². The minimum atomic E-state index is -0.989. The number of halogens is 1. The number of aromatic nitrogens is 4. The quantitative estimate of drug-likeness (QED) is 0.866. The van der Waals surface area contributed by atoms with Crippen molar-refractivity contribution in [2.45, 2.75) is 13.0 Å². The predicted octanol–water partition coefficient (Wildman–Crippen LogP) is 1.87. The van der Waals surface area contributed by atoms with Crippen molar-refractivity contribution in [3.8, 4) is 0 Å². The van der Waals surface area contributed by atoms with Gasteiger partial charge >= 0.3 is 5.97 Å². The zero-order chi connectivity index (χ0) is 13.6. The van der Waals surface area contributed by atoms with E-state index in [1.165, 1.54) is 16.0 Å². The summed E-state index contributed by atoms with van der Waals surface area (Å²) in [5.41, 5.74) is 0.781. The summed E-state index contributed by atoms with van der Waals surface area (Å²) in [4.78, 5) is 12.4. The summed E-state index contributed by atoms with van der Waals surface area (Å²) in [5, 5.41) is 25.5. The molecule has 19 heavy (non-hydrogen) atoms. The number of hydrogen-bond acceptors (Lipinski definition) is 6. The Bertz CT molecular complexity index is 692. The number of anilines is 1. The van der Waals surface area contributed by atoms with E-state index in [1.807, 2.05) is 11.4 Å². The molecule has 1 aliphatic heterocycles. The lowest BCUT2D eigenvalue weighted by Crippen LogP contribution is -2.28. The van der Waals surface area contributed by atoms with Crippen LogP contribution in [-0.2, 0) is 4.79 Å². The van der Waals surface area contributed by atoms with Gasteiger partial charge in [0.05, 0.1) is 5.57 Å². The van der Waals surface area contributed by atoms with Gasteiger partial charge in [0.15, 0.2) is 0 Å². The van der Waals surface area contributed by atoms with Crippen LogP contribution in [0.5, 0.6) is 0 Å². The van der Waals surface area contributed by atoms with Gasteiger partial charge in [0, 0.05) is 15.0 Å². The molecule has 3 rings (SSSR count). The Morgan fingerprint density at radius 3 is 3.05 bits per heavy atom. The van der Waals surface area contributed by atoms with Crippen LogP contribution in [0.2, 0.25) is 0 Å². The third-order valence-corrected chi connectivity index (χ3v) is 4.76. The normalized spacial score (nSPS) is 18.1. The molecule has 1 aliphatic rings. The molecule has 0 bridgehead atoms. The SMILES string of the molecule is CC1=C(C(=O)O)C(c2sccc2Br)n2nnnc2N1. The van der Waals surface area contributed by atoms with Gasteiger partial charge in [-0.25, -0.2) is 4.79 Å². The van der Waals surface area contributed by atoms with Gasteiger partial charge in [-0.1, -0.05) is 5.10 Å². The number of aliphatic carboxylic acids is 1. The van der Waals surface area contributed by atoms with Crippen molar-refractivity contribution >= 4 is 39.2 Å². The van der Waals surface area contributed by atoms with Crippen molar-refractivity contribution in [2.24, 2.45) is 0 Å². The molecule has 2 N–H and O–H groups in total. The topological polar surface area (TPSA) is 92.9 Å². The molecule has 0 saturated heterocycles. The van der Waals surface area contributed by atoms with E-state index in [1.54, 1.807) is 6.92 Å². The summed E-state index contributed by atoms with van der Waals surface area (Å²) in [6.07, 6.45) is 0. The standard InChI is InChI=1S/C10H8BrN5O2S/c1-4-6(9(17)18)7(8-5(11)2-3-19-8)16-10(12-4)13-14-15-16/h2-3,7H,1H3,(H,17,18)(H,12,13,15). The number of allylic oxidation sites excluding steroid dienone is 1. The van der Waals surface area contributed by atoms with Crippen LogP contribution in [-0.4, -0.2) is 31.3 Å². The molecule has 1 atom stereocenters. The van der Waals surface area contributed by atoms with Crippen LogP contribution in [0.15, 0.2) is 27.2 Å². The largest absolute Gasteiger partial charge is 0.478 e. The Morgan fingerprint density at radius 1 is 1.63 bits per heavy atom. The van der Waals surface area contributed by atoms with Gasteiger partial charge in [-0.05, 0) is 44.7 Å². The lowest BCUT2D eigenvalue weighted by molar-refractivity contribution is -0.133. The van der Waals surface area contributed by atoms with Crippen molar-refractivity contribution in [1.82, 2.24) is 20.2 Å². The van der Waals surface area contributed by atoms with Crippen molar-refractivity contribution in [3.63, 3.8) is 0 Å². The van der Waals surface area contributed by atoms with Crippen molar-refractivity contribution < 1.29 is 9.90 Å². The maximum absolute atomic E-state index is 11.5. The number of nitrogens with zero attached hydrogens (tertiary/aromatic N) is 4. The van der Waals surface area contributed by atoms with Crippen LogP contribution in [0.4, 0.5) is 5.95 Å². The van der Waals surface area contributed by atoms with Crippen LogP contribution >= 0.6 is 27.3 Å². The third kappa shape index (κ3) is 1.85. The molecule has 0 amide bonds. The molecule has 3 heterocycles. The first-order valence-corrected chi connectivity index (χ1v) is 6.98. The molecule has 0 spiro atoms. The summed E-state index contributed by atoms with van der Waals surface area (Å²) >= 11 is 4.89. The smallest absolute Gasteiger partial charge is 0.335 e. The molecule has 0 fully saturated rings. The molecule has 2 aromatic heterocycles. The van der Waals surface area contributed by atoms with Crippen LogP contribution in [0.1, 0.15) is 17.8 Å². The number of rotatable bonds is 2. The molecular formula is C10H8BrN5O2S. The monoisotopic (exact) mass is 341 g/mol. The molecule has 98 valence electrons. The predicted molar refractivity (Wildman–Crippen MR) is 71.9 cm³/mol. The molecular weight excluding hydrogens is 334 g/mol. The molecule has 7 nitrogen and oxygen atoms in total. The van der Waals surface area contributed by atoms with Crippen molar-refractivity contribution in [3.05, 3.63) is 32.1 Å². The molecule has 2 aromatic rings. The molecule has 0 aliphatic carbocycles. The average Bonchev–Trinajstić information content (AvgIpc) is 2.95. The Balaban J connectivity index is 2.24. The Hall–Kier alpha value is -1.74. The van der Waals surface area contributed by atoms with Crippen LogP contribution in [0.25, 0.3) is 0 Å². The van der Waals surface area contributed by atoms with Crippen LogP contribution < -0.4 is 5.32 Å². The zero-order valence-corrected chi connectivity index (χ0v) is 12.1. The second kappa shape index (κ2) is 4.42. The van der Waals surface area contributed by atoms with Crippen molar-refractivity contribution in [2.75, 3.05) is 5.32 Å². The van der Waals surface area contributed by atoms with E-state index < -0.39 is 12.0 Å². The summed E-state index contributed by atoms with van der Waals surface area (Å²) in [7, 11) is 0. The number of hydrogen-bond donors (Lipinski definition) is 2. The minimum absolute atomic E-state index is 0.239. The molecule has 9 heteroatoms. The van der Waals surface area contributed by atoms with Gasteiger partial charge in [0.25, 0.3) is 0 Å². The highest BCUT2D eigenvalue weighted by atomic mass is 79.9. The number of thiophene rings is 1. The van der Waals surface area contributed by atoms with Crippen LogP contribution in [0, 0.1) is 0 Å². The third-order valence-electron chi connectivity index (χ3n) is 2.84. The number of tetrazole rings is 1. The molecule has 1 unspecified atom stereocenters. The van der Waals surface area contributed by atoms with E-state index in [4.69, 9.17) is 0 Å². The van der Waals surface area contributed by atoms with Crippen molar-refractivity contribution in [1.29, 1.82) is 0 Å². The highest BCUT2D eigenvalue weighted by molar-refractivity contribution is 9.10. The van der Waals surface area contributed by atoms with E-state index in [2.05, 4.69) is 36.8 Å². The van der Waals surface area contributed by atoms with Crippen LogP contribution in [0.3, 0.4) is 0 Å². The van der Waals surface area contributed by atoms with E-state index in [-0.39, 0.29) is 5.57 Å². The number of carboxylic acid groups (broad SMARTS) is 1. The zero-order valence-electron chi connectivity index (χ0n) is 9.66. The van der Waals surface area contributed by atoms with E-state index >= 15 is 0 Å². The summed E-state index contributed by atoms with van der Waals surface area (Å²) < 4.78 is 2.32. The average molecular weight is 342 g/mol. The first-order chi connectivity index (χ1) is 9.09.